The van der Waals surface area contributed by atoms with E-state index in [1.54, 1.807) is 6.07 Å². The van der Waals surface area contributed by atoms with Crippen LogP contribution in [0.3, 0.4) is 0 Å². The van der Waals surface area contributed by atoms with Gasteiger partial charge in [-0.05, 0) is 34.7 Å². The molecule has 2 rings (SSSR count). The van der Waals surface area contributed by atoms with Crippen LogP contribution in [0.1, 0.15) is 12.0 Å². The second kappa shape index (κ2) is 6.21. The summed E-state index contributed by atoms with van der Waals surface area (Å²) in [6, 6.07) is 4.83. The number of rotatable bonds is 3. The second-order valence-electron chi connectivity index (χ2n) is 3.94. The Hall–Kier alpha value is -1.06. The molecular formula is C14H12BrClFN. The smallest absolute Gasteiger partial charge is 0.142 e. The van der Waals surface area contributed by atoms with Gasteiger partial charge >= 0.3 is 0 Å². The lowest BCUT2D eigenvalue weighted by atomic mass is 10.2. The summed E-state index contributed by atoms with van der Waals surface area (Å²) in [4.78, 5) is 0. The SMILES string of the molecule is Fc1cc(CNC2=CCC(Br)=CC=C2)ccc1Cl. The van der Waals surface area contributed by atoms with E-state index in [9.17, 15) is 4.39 Å². The number of benzene rings is 1. The van der Waals surface area contributed by atoms with Gasteiger partial charge in [0.15, 0.2) is 0 Å². The molecule has 0 heterocycles. The average molecular weight is 329 g/mol. The van der Waals surface area contributed by atoms with Crippen molar-refractivity contribution in [2.75, 3.05) is 0 Å². The average Bonchev–Trinajstić information content (AvgIpc) is 2.56. The first kappa shape index (κ1) is 13.4. The van der Waals surface area contributed by atoms with Gasteiger partial charge < -0.3 is 5.32 Å². The van der Waals surface area contributed by atoms with Crippen LogP contribution in [-0.2, 0) is 6.54 Å². The van der Waals surface area contributed by atoms with Crippen LogP contribution in [0.5, 0.6) is 0 Å². The first-order valence-electron chi connectivity index (χ1n) is 5.56. The molecule has 0 aliphatic heterocycles. The maximum absolute atomic E-state index is 13.3. The van der Waals surface area contributed by atoms with E-state index in [0.717, 1.165) is 22.2 Å². The Morgan fingerprint density at radius 3 is 3.00 bits per heavy atom. The molecule has 1 aromatic rings. The van der Waals surface area contributed by atoms with Crippen molar-refractivity contribution < 1.29 is 4.39 Å². The maximum atomic E-state index is 13.3. The quantitative estimate of drug-likeness (QED) is 0.848. The van der Waals surface area contributed by atoms with Crippen molar-refractivity contribution in [2.45, 2.75) is 13.0 Å². The van der Waals surface area contributed by atoms with Crippen molar-refractivity contribution in [2.24, 2.45) is 0 Å². The van der Waals surface area contributed by atoms with E-state index in [-0.39, 0.29) is 10.8 Å². The topological polar surface area (TPSA) is 12.0 Å². The third-order valence-electron chi connectivity index (χ3n) is 2.55. The molecule has 0 radical (unpaired) electrons. The Labute approximate surface area is 119 Å². The number of allylic oxidation sites excluding steroid dienone is 5. The van der Waals surface area contributed by atoms with Crippen molar-refractivity contribution in [1.29, 1.82) is 0 Å². The van der Waals surface area contributed by atoms with Gasteiger partial charge in [0.2, 0.25) is 0 Å². The highest BCUT2D eigenvalue weighted by Gasteiger charge is 2.02. The van der Waals surface area contributed by atoms with E-state index < -0.39 is 0 Å². The van der Waals surface area contributed by atoms with Gasteiger partial charge in [0, 0.05) is 12.2 Å². The van der Waals surface area contributed by atoms with Crippen molar-refractivity contribution in [1.82, 2.24) is 5.32 Å². The predicted octanol–water partition coefficient (Wildman–Crippen LogP) is 4.69. The lowest BCUT2D eigenvalue weighted by Gasteiger charge is -2.07. The Kier molecular flexibility index (Phi) is 4.61. The molecule has 1 nitrogen and oxygen atoms in total. The molecule has 0 atom stereocenters. The van der Waals surface area contributed by atoms with Crippen LogP contribution < -0.4 is 5.32 Å². The minimum atomic E-state index is -0.384. The van der Waals surface area contributed by atoms with E-state index in [1.807, 2.05) is 24.3 Å². The highest BCUT2D eigenvalue weighted by molar-refractivity contribution is 9.11. The molecule has 0 fully saturated rings. The zero-order chi connectivity index (χ0) is 13.0. The van der Waals surface area contributed by atoms with Gasteiger partial charge in [-0.3, -0.25) is 0 Å². The summed E-state index contributed by atoms with van der Waals surface area (Å²) in [5.74, 6) is -0.384. The van der Waals surface area contributed by atoms with Gasteiger partial charge in [0.25, 0.3) is 0 Å². The van der Waals surface area contributed by atoms with E-state index in [0.29, 0.717) is 6.54 Å². The fourth-order valence-electron chi connectivity index (χ4n) is 1.58. The minimum Gasteiger partial charge on any atom is -0.381 e. The minimum absolute atomic E-state index is 0.153. The van der Waals surface area contributed by atoms with E-state index in [2.05, 4.69) is 27.3 Å². The third-order valence-corrected chi connectivity index (χ3v) is 3.45. The number of nitrogens with one attached hydrogen (secondary N) is 1. The van der Waals surface area contributed by atoms with E-state index in [1.165, 1.54) is 6.07 Å². The molecule has 0 aromatic heterocycles. The highest BCUT2D eigenvalue weighted by Crippen LogP contribution is 2.17. The Bertz CT molecular complexity index is 535. The molecule has 1 aliphatic carbocycles. The molecule has 1 aromatic carbocycles. The van der Waals surface area contributed by atoms with Crippen LogP contribution in [0, 0.1) is 5.82 Å². The van der Waals surface area contributed by atoms with Crippen LogP contribution in [0.25, 0.3) is 0 Å². The summed E-state index contributed by atoms with van der Waals surface area (Å²) in [6.07, 6.45) is 8.90. The van der Waals surface area contributed by atoms with Crippen LogP contribution in [0.15, 0.2) is 52.7 Å². The lowest BCUT2D eigenvalue weighted by molar-refractivity contribution is 0.624. The summed E-state index contributed by atoms with van der Waals surface area (Å²) in [5, 5.41) is 3.41. The summed E-state index contributed by atoms with van der Waals surface area (Å²) in [5.41, 5.74) is 1.89. The summed E-state index contributed by atoms with van der Waals surface area (Å²) in [6.45, 7) is 0.571. The van der Waals surface area contributed by atoms with Crippen molar-refractivity contribution >= 4 is 27.5 Å². The van der Waals surface area contributed by atoms with Crippen LogP contribution in [0.4, 0.5) is 4.39 Å². The van der Waals surface area contributed by atoms with Crippen molar-refractivity contribution in [3.05, 3.63) is 69.1 Å². The Morgan fingerprint density at radius 2 is 2.22 bits per heavy atom. The van der Waals surface area contributed by atoms with E-state index in [4.69, 9.17) is 11.6 Å². The first-order valence-corrected chi connectivity index (χ1v) is 6.73. The van der Waals surface area contributed by atoms with Crippen LogP contribution in [-0.4, -0.2) is 0 Å². The number of hydrogen-bond acceptors (Lipinski definition) is 1. The fourth-order valence-corrected chi connectivity index (χ4v) is 2.02. The highest BCUT2D eigenvalue weighted by atomic mass is 79.9. The summed E-state index contributed by atoms with van der Waals surface area (Å²) >= 11 is 9.09. The molecule has 94 valence electrons. The molecule has 0 saturated heterocycles. The van der Waals surface area contributed by atoms with Crippen LogP contribution in [0.2, 0.25) is 5.02 Å². The van der Waals surface area contributed by atoms with Gasteiger partial charge in [0.1, 0.15) is 5.82 Å². The zero-order valence-corrected chi connectivity index (χ0v) is 11.9. The Morgan fingerprint density at radius 1 is 1.39 bits per heavy atom. The monoisotopic (exact) mass is 327 g/mol. The third kappa shape index (κ3) is 3.72. The number of hydrogen-bond donors (Lipinski definition) is 1. The predicted molar refractivity (Wildman–Crippen MR) is 77.1 cm³/mol. The molecule has 18 heavy (non-hydrogen) atoms. The lowest BCUT2D eigenvalue weighted by Crippen LogP contribution is -2.11. The molecular weight excluding hydrogens is 317 g/mol. The van der Waals surface area contributed by atoms with Crippen molar-refractivity contribution in [3.8, 4) is 0 Å². The molecule has 0 bridgehead atoms. The van der Waals surface area contributed by atoms with Gasteiger partial charge in [-0.15, -0.1) is 0 Å². The maximum Gasteiger partial charge on any atom is 0.142 e. The number of halogens is 3. The second-order valence-corrected chi connectivity index (χ2v) is 5.36. The van der Waals surface area contributed by atoms with Crippen LogP contribution >= 0.6 is 27.5 Å². The van der Waals surface area contributed by atoms with Gasteiger partial charge in [-0.1, -0.05) is 51.8 Å². The normalized spacial score (nSPS) is 14.8. The van der Waals surface area contributed by atoms with Gasteiger partial charge in [0.05, 0.1) is 5.02 Å². The molecule has 1 aliphatic rings. The molecule has 0 amide bonds. The molecule has 1 N–H and O–H groups in total. The molecule has 0 saturated carbocycles. The molecule has 0 spiro atoms. The molecule has 0 unspecified atom stereocenters. The zero-order valence-electron chi connectivity index (χ0n) is 9.59. The Balaban J connectivity index is 1.98. The van der Waals surface area contributed by atoms with Gasteiger partial charge in [-0.25, -0.2) is 4.39 Å². The standard InChI is InChI=1S/C14H12BrClFN/c15-11-2-1-3-12(6-5-11)18-9-10-4-7-13(16)14(17)8-10/h1-4,6-8,18H,5,9H2. The van der Waals surface area contributed by atoms with Gasteiger partial charge in [-0.2, -0.15) is 0 Å². The first-order chi connectivity index (χ1) is 8.65. The van der Waals surface area contributed by atoms with E-state index >= 15 is 0 Å². The largest absolute Gasteiger partial charge is 0.381 e. The van der Waals surface area contributed by atoms with Crippen molar-refractivity contribution in [3.63, 3.8) is 0 Å². The fraction of sp³-hybridized carbons (Fsp3) is 0.143. The summed E-state index contributed by atoms with van der Waals surface area (Å²) < 4.78 is 14.4. The summed E-state index contributed by atoms with van der Waals surface area (Å²) in [7, 11) is 0. The molecule has 4 heteroatoms.